The summed E-state index contributed by atoms with van der Waals surface area (Å²) in [5.74, 6) is 0.628. The highest BCUT2D eigenvalue weighted by Crippen LogP contribution is 2.28. The van der Waals surface area contributed by atoms with Gasteiger partial charge in [0.1, 0.15) is 5.00 Å². The number of nitrogens with one attached hydrogen (secondary N) is 1. The molecule has 0 fully saturated rings. The number of benzene rings is 1. The van der Waals surface area contributed by atoms with Gasteiger partial charge in [-0.15, -0.1) is 11.6 Å². The number of aromatic nitrogens is 1. The van der Waals surface area contributed by atoms with E-state index in [-0.39, 0.29) is 0 Å². The molecule has 0 aliphatic heterocycles. The van der Waals surface area contributed by atoms with E-state index in [9.17, 15) is 0 Å². The molecule has 0 aliphatic rings. The molecule has 15 heavy (non-hydrogen) atoms. The van der Waals surface area contributed by atoms with E-state index in [1.54, 1.807) is 0 Å². The van der Waals surface area contributed by atoms with Crippen LogP contribution in [0.15, 0.2) is 24.3 Å². The van der Waals surface area contributed by atoms with Gasteiger partial charge in [0.05, 0.1) is 5.52 Å². The standard InChI is InChI=1S/C11H13ClN2S/c1-2-8(7-12)13-11-9-5-3-4-6-10(9)14-15-11/h3-6,8,13H,2,7H2,1H3. The van der Waals surface area contributed by atoms with Gasteiger partial charge in [0.2, 0.25) is 0 Å². The lowest BCUT2D eigenvalue weighted by atomic mass is 10.2. The molecular formula is C11H13ClN2S. The second-order valence-electron chi connectivity index (χ2n) is 3.43. The zero-order chi connectivity index (χ0) is 10.7. The molecule has 0 saturated carbocycles. The Hall–Kier alpha value is -0.800. The Labute approximate surface area is 98.4 Å². The maximum atomic E-state index is 5.86. The minimum absolute atomic E-state index is 0.329. The average molecular weight is 241 g/mol. The van der Waals surface area contributed by atoms with E-state index in [0.717, 1.165) is 16.9 Å². The second kappa shape index (κ2) is 4.81. The topological polar surface area (TPSA) is 24.9 Å². The van der Waals surface area contributed by atoms with Crippen LogP contribution in [0, 0.1) is 0 Å². The van der Waals surface area contributed by atoms with Gasteiger partial charge in [-0.3, -0.25) is 0 Å². The van der Waals surface area contributed by atoms with Gasteiger partial charge >= 0.3 is 0 Å². The van der Waals surface area contributed by atoms with Gasteiger partial charge < -0.3 is 5.32 Å². The molecule has 0 amide bonds. The zero-order valence-electron chi connectivity index (χ0n) is 8.53. The highest BCUT2D eigenvalue weighted by molar-refractivity contribution is 7.11. The molecule has 80 valence electrons. The minimum atomic E-state index is 0.329. The quantitative estimate of drug-likeness (QED) is 0.824. The Bertz CT molecular complexity index is 437. The van der Waals surface area contributed by atoms with Crippen molar-refractivity contribution in [2.24, 2.45) is 0 Å². The first-order valence-corrected chi connectivity index (χ1v) is 6.33. The van der Waals surface area contributed by atoms with Crippen LogP contribution >= 0.6 is 23.1 Å². The number of rotatable bonds is 4. The first-order chi connectivity index (χ1) is 7.35. The molecular weight excluding hydrogens is 228 g/mol. The van der Waals surface area contributed by atoms with Crippen LogP contribution in [0.1, 0.15) is 13.3 Å². The van der Waals surface area contributed by atoms with Crippen molar-refractivity contribution in [3.63, 3.8) is 0 Å². The van der Waals surface area contributed by atoms with Crippen molar-refractivity contribution < 1.29 is 0 Å². The maximum absolute atomic E-state index is 5.86. The Morgan fingerprint density at radius 3 is 3.00 bits per heavy atom. The summed E-state index contributed by atoms with van der Waals surface area (Å²) in [6.45, 7) is 2.13. The third kappa shape index (κ3) is 2.24. The van der Waals surface area contributed by atoms with E-state index < -0.39 is 0 Å². The lowest BCUT2D eigenvalue weighted by Gasteiger charge is -2.13. The van der Waals surface area contributed by atoms with Crippen molar-refractivity contribution in [3.8, 4) is 0 Å². The molecule has 0 spiro atoms. The third-order valence-electron chi connectivity index (χ3n) is 2.40. The van der Waals surface area contributed by atoms with Crippen LogP contribution in [0.25, 0.3) is 10.9 Å². The number of fused-ring (bicyclic) bond motifs is 1. The molecule has 1 aromatic heterocycles. The summed E-state index contributed by atoms with van der Waals surface area (Å²) in [5, 5.41) is 5.73. The van der Waals surface area contributed by atoms with Crippen LogP contribution in [0.5, 0.6) is 0 Å². The van der Waals surface area contributed by atoms with Crippen LogP contribution in [0.4, 0.5) is 5.00 Å². The maximum Gasteiger partial charge on any atom is 0.117 e. The van der Waals surface area contributed by atoms with Crippen molar-refractivity contribution in [2.45, 2.75) is 19.4 Å². The molecule has 0 radical (unpaired) electrons. The summed E-state index contributed by atoms with van der Waals surface area (Å²) in [7, 11) is 0. The minimum Gasteiger partial charge on any atom is -0.371 e. The molecule has 1 N–H and O–H groups in total. The summed E-state index contributed by atoms with van der Waals surface area (Å²) in [4.78, 5) is 0. The van der Waals surface area contributed by atoms with Crippen LogP contribution in [-0.4, -0.2) is 16.3 Å². The Balaban J connectivity index is 2.28. The summed E-state index contributed by atoms with van der Waals surface area (Å²) < 4.78 is 4.38. The van der Waals surface area contributed by atoms with E-state index in [0.29, 0.717) is 11.9 Å². The highest BCUT2D eigenvalue weighted by atomic mass is 35.5. The monoisotopic (exact) mass is 240 g/mol. The average Bonchev–Trinajstić information content (AvgIpc) is 2.69. The van der Waals surface area contributed by atoms with Crippen molar-refractivity contribution in [3.05, 3.63) is 24.3 Å². The first kappa shape index (κ1) is 10.7. The first-order valence-electron chi connectivity index (χ1n) is 5.02. The van der Waals surface area contributed by atoms with Gasteiger partial charge in [0.25, 0.3) is 0 Å². The van der Waals surface area contributed by atoms with E-state index in [1.807, 2.05) is 18.2 Å². The number of anilines is 1. The van der Waals surface area contributed by atoms with Crippen molar-refractivity contribution in [1.29, 1.82) is 0 Å². The Kier molecular flexibility index (Phi) is 3.44. The van der Waals surface area contributed by atoms with Crippen LogP contribution in [0.2, 0.25) is 0 Å². The molecule has 0 aliphatic carbocycles. The molecule has 1 aromatic carbocycles. The van der Waals surface area contributed by atoms with Gasteiger partial charge in [-0.25, -0.2) is 0 Å². The Morgan fingerprint density at radius 2 is 2.27 bits per heavy atom. The molecule has 0 bridgehead atoms. The fourth-order valence-corrected chi connectivity index (χ4v) is 2.56. The van der Waals surface area contributed by atoms with E-state index in [2.05, 4.69) is 22.7 Å². The van der Waals surface area contributed by atoms with E-state index in [4.69, 9.17) is 11.6 Å². The zero-order valence-corrected chi connectivity index (χ0v) is 10.1. The molecule has 2 aromatic rings. The van der Waals surface area contributed by atoms with Crippen LogP contribution in [-0.2, 0) is 0 Å². The fraction of sp³-hybridized carbons (Fsp3) is 0.364. The molecule has 2 nitrogen and oxygen atoms in total. The van der Waals surface area contributed by atoms with Gasteiger partial charge in [-0.1, -0.05) is 19.1 Å². The van der Waals surface area contributed by atoms with Gasteiger partial charge in [0.15, 0.2) is 0 Å². The summed E-state index contributed by atoms with van der Waals surface area (Å²) in [6, 6.07) is 8.48. The predicted octanol–water partition coefficient (Wildman–Crippen LogP) is 3.73. The largest absolute Gasteiger partial charge is 0.371 e. The normalized spacial score (nSPS) is 12.9. The summed E-state index contributed by atoms with van der Waals surface area (Å²) in [5.41, 5.74) is 1.05. The van der Waals surface area contributed by atoms with Crippen molar-refractivity contribution >= 4 is 39.0 Å². The summed E-state index contributed by atoms with van der Waals surface area (Å²) in [6.07, 6.45) is 1.02. The predicted molar refractivity (Wildman–Crippen MR) is 68.0 cm³/mol. The van der Waals surface area contributed by atoms with E-state index in [1.165, 1.54) is 16.9 Å². The number of alkyl halides is 1. The number of halogens is 1. The fourth-order valence-electron chi connectivity index (χ4n) is 1.43. The van der Waals surface area contributed by atoms with Gasteiger partial charge in [0, 0.05) is 17.3 Å². The number of hydrogen-bond donors (Lipinski definition) is 1. The molecule has 1 atom stereocenters. The molecule has 2 rings (SSSR count). The van der Waals surface area contributed by atoms with Crippen molar-refractivity contribution in [1.82, 2.24) is 4.37 Å². The lowest BCUT2D eigenvalue weighted by molar-refractivity contribution is 0.774. The van der Waals surface area contributed by atoms with Gasteiger partial charge in [-0.05, 0) is 30.1 Å². The smallest absolute Gasteiger partial charge is 0.117 e. The highest BCUT2D eigenvalue weighted by Gasteiger charge is 2.09. The molecule has 1 heterocycles. The second-order valence-corrected chi connectivity index (χ2v) is 4.51. The van der Waals surface area contributed by atoms with E-state index >= 15 is 0 Å². The number of nitrogens with zero attached hydrogens (tertiary/aromatic N) is 1. The van der Waals surface area contributed by atoms with Gasteiger partial charge in [-0.2, -0.15) is 4.37 Å². The van der Waals surface area contributed by atoms with Crippen LogP contribution < -0.4 is 5.32 Å². The summed E-state index contributed by atoms with van der Waals surface area (Å²) >= 11 is 7.36. The third-order valence-corrected chi connectivity index (χ3v) is 3.58. The molecule has 4 heteroatoms. The molecule has 0 saturated heterocycles. The lowest BCUT2D eigenvalue weighted by Crippen LogP contribution is -2.19. The van der Waals surface area contributed by atoms with Crippen LogP contribution in [0.3, 0.4) is 0 Å². The Morgan fingerprint density at radius 1 is 1.47 bits per heavy atom. The van der Waals surface area contributed by atoms with Crippen molar-refractivity contribution in [2.75, 3.05) is 11.2 Å². The SMILES string of the molecule is CCC(CCl)Nc1snc2ccccc12. The number of hydrogen-bond acceptors (Lipinski definition) is 3. The molecule has 1 unspecified atom stereocenters.